The minimum atomic E-state index is -1.91. The molecular weight excluding hydrogens is 306 g/mol. The molecule has 0 aliphatic rings. The molecule has 1 atom stereocenters. The molecule has 0 aliphatic heterocycles. The smallest absolute Gasteiger partial charge is 0.193 e. The minimum Gasteiger partial charge on any atom is -0.550 e. The molecule has 0 saturated heterocycles. The summed E-state index contributed by atoms with van der Waals surface area (Å²) in [5.41, 5.74) is -1.91. The fraction of sp³-hybridized carbons (Fsp3) is 0.789. The molecular formula is C19H35NO4. The van der Waals surface area contributed by atoms with Crippen LogP contribution >= 0.6 is 0 Å². The third-order valence-corrected chi connectivity index (χ3v) is 3.87. The summed E-state index contributed by atoms with van der Waals surface area (Å²) in [4.78, 5) is 23.1. The molecule has 0 aromatic carbocycles. The number of carboxylic acids is 1. The third-order valence-electron chi connectivity index (χ3n) is 3.87. The van der Waals surface area contributed by atoms with Crippen LogP contribution in [0.15, 0.2) is 12.2 Å². The van der Waals surface area contributed by atoms with Crippen LogP contribution in [-0.2, 0) is 9.59 Å². The molecule has 0 saturated carbocycles. The van der Waals surface area contributed by atoms with Gasteiger partial charge < -0.3 is 19.5 Å². The molecule has 0 bridgehead atoms. The molecule has 24 heavy (non-hydrogen) atoms. The Hall–Kier alpha value is -1.20. The molecule has 1 N–H and O–H groups in total. The zero-order valence-electron chi connectivity index (χ0n) is 15.8. The van der Waals surface area contributed by atoms with Gasteiger partial charge in [-0.2, -0.15) is 0 Å². The average molecular weight is 341 g/mol. The van der Waals surface area contributed by atoms with Gasteiger partial charge in [-0.25, -0.2) is 0 Å². The molecule has 0 aromatic heterocycles. The normalized spacial score (nSPS) is 14.7. The largest absolute Gasteiger partial charge is 0.550 e. The van der Waals surface area contributed by atoms with E-state index >= 15 is 0 Å². The number of hydrogen-bond donors (Lipinski definition) is 1. The highest BCUT2D eigenvalue weighted by Crippen LogP contribution is 2.17. The first-order valence-electron chi connectivity index (χ1n) is 9.04. The van der Waals surface area contributed by atoms with Crippen molar-refractivity contribution in [1.29, 1.82) is 0 Å². The van der Waals surface area contributed by atoms with Crippen molar-refractivity contribution in [3.8, 4) is 0 Å². The van der Waals surface area contributed by atoms with Gasteiger partial charge in [0.05, 0.1) is 21.1 Å². The van der Waals surface area contributed by atoms with E-state index in [-0.39, 0.29) is 6.54 Å². The Morgan fingerprint density at radius 1 is 1.04 bits per heavy atom. The second kappa shape index (κ2) is 11.4. The maximum absolute atomic E-state index is 12.2. The number of carbonyl (C=O) groups is 2. The molecule has 0 heterocycles. The van der Waals surface area contributed by atoms with Gasteiger partial charge in [-0.1, -0.05) is 51.5 Å². The first-order valence-corrected chi connectivity index (χ1v) is 9.04. The van der Waals surface area contributed by atoms with E-state index in [4.69, 9.17) is 0 Å². The van der Waals surface area contributed by atoms with Crippen LogP contribution in [-0.4, -0.2) is 54.6 Å². The summed E-state index contributed by atoms with van der Waals surface area (Å²) < 4.78 is 0.293. The summed E-state index contributed by atoms with van der Waals surface area (Å²) in [6.45, 7) is 2.23. The summed E-state index contributed by atoms with van der Waals surface area (Å²) in [6, 6.07) is 0. The summed E-state index contributed by atoms with van der Waals surface area (Å²) in [7, 11) is 5.40. The molecule has 5 nitrogen and oxygen atoms in total. The standard InChI is InChI=1S/C19H35NO4/c1-5-6-7-8-9-10-11-12-13-14-17(21)19(24,15-18(22)23)16-20(2,3)4/h13-14,24H,5-12,15-16H2,1-4H3/t19-/m1/s1. The average Bonchev–Trinajstić information content (AvgIpc) is 2.42. The molecule has 0 radical (unpaired) electrons. The van der Waals surface area contributed by atoms with Crippen molar-refractivity contribution >= 4 is 11.8 Å². The number of unbranched alkanes of at least 4 members (excludes halogenated alkanes) is 7. The van der Waals surface area contributed by atoms with Crippen LogP contribution < -0.4 is 5.11 Å². The van der Waals surface area contributed by atoms with Crippen molar-refractivity contribution < 1.29 is 24.3 Å². The van der Waals surface area contributed by atoms with Crippen molar-refractivity contribution in [1.82, 2.24) is 0 Å². The molecule has 0 rings (SSSR count). The molecule has 140 valence electrons. The molecule has 0 aromatic rings. The maximum atomic E-state index is 12.2. The van der Waals surface area contributed by atoms with E-state index in [1.807, 2.05) is 0 Å². The Balaban J connectivity index is 4.33. The molecule has 5 heteroatoms. The lowest BCUT2D eigenvalue weighted by Crippen LogP contribution is -2.55. The number of aliphatic hydroxyl groups is 1. The van der Waals surface area contributed by atoms with E-state index in [0.717, 1.165) is 19.3 Å². The van der Waals surface area contributed by atoms with Crippen molar-refractivity contribution in [2.45, 2.75) is 70.3 Å². The highest BCUT2D eigenvalue weighted by Gasteiger charge is 2.39. The lowest BCUT2D eigenvalue weighted by atomic mass is 9.92. The molecule has 0 aliphatic carbocycles. The van der Waals surface area contributed by atoms with Crippen molar-refractivity contribution in [3.63, 3.8) is 0 Å². The predicted octanol–water partition coefficient (Wildman–Crippen LogP) is 1.83. The Morgan fingerprint density at radius 3 is 2.08 bits per heavy atom. The van der Waals surface area contributed by atoms with Gasteiger partial charge in [0.15, 0.2) is 11.4 Å². The fourth-order valence-electron chi connectivity index (χ4n) is 2.81. The number of aliphatic carboxylic acids is 1. The Bertz CT molecular complexity index is 412. The van der Waals surface area contributed by atoms with Gasteiger partial charge in [0, 0.05) is 12.4 Å². The first kappa shape index (κ1) is 22.8. The van der Waals surface area contributed by atoms with Gasteiger partial charge in [-0.3, -0.25) is 4.79 Å². The number of carbonyl (C=O) groups excluding carboxylic acids is 2. The van der Waals surface area contributed by atoms with Gasteiger partial charge in [-0.05, 0) is 18.9 Å². The number of carboxylic acid groups (broad SMARTS) is 1. The van der Waals surface area contributed by atoms with Crippen molar-refractivity contribution in [3.05, 3.63) is 12.2 Å². The minimum absolute atomic E-state index is 0.0293. The highest BCUT2D eigenvalue weighted by molar-refractivity contribution is 5.99. The van der Waals surface area contributed by atoms with Gasteiger partial charge in [0.25, 0.3) is 0 Å². The third kappa shape index (κ3) is 11.4. The van der Waals surface area contributed by atoms with E-state index < -0.39 is 23.8 Å². The number of quaternary nitrogens is 1. The van der Waals surface area contributed by atoms with Gasteiger partial charge >= 0.3 is 0 Å². The fourth-order valence-corrected chi connectivity index (χ4v) is 2.81. The summed E-state index contributed by atoms with van der Waals surface area (Å²) in [5.74, 6) is -1.97. The van der Waals surface area contributed by atoms with Crippen LogP contribution in [0.25, 0.3) is 0 Å². The predicted molar refractivity (Wildman–Crippen MR) is 94.2 cm³/mol. The number of ketones is 1. The zero-order chi connectivity index (χ0) is 18.6. The Labute approximate surface area is 146 Å². The second-order valence-corrected chi connectivity index (χ2v) is 7.71. The molecule has 0 spiro atoms. The maximum Gasteiger partial charge on any atom is 0.193 e. The summed E-state index contributed by atoms with van der Waals surface area (Å²) >= 11 is 0. The van der Waals surface area contributed by atoms with Crippen LogP contribution in [0.1, 0.15) is 64.7 Å². The lowest BCUT2D eigenvalue weighted by Gasteiger charge is -2.34. The number of nitrogens with zero attached hydrogens (tertiary/aromatic N) is 1. The monoisotopic (exact) mass is 341 g/mol. The van der Waals surface area contributed by atoms with Crippen LogP contribution in [0.2, 0.25) is 0 Å². The van der Waals surface area contributed by atoms with Crippen LogP contribution in [0.5, 0.6) is 0 Å². The van der Waals surface area contributed by atoms with Gasteiger partial charge in [0.2, 0.25) is 0 Å². The van der Waals surface area contributed by atoms with E-state index in [1.165, 1.54) is 38.2 Å². The van der Waals surface area contributed by atoms with Gasteiger partial charge in [-0.15, -0.1) is 0 Å². The molecule has 0 fully saturated rings. The number of likely N-dealkylation sites (N-methyl/N-ethyl adjacent to an activating group) is 1. The van der Waals surface area contributed by atoms with Crippen LogP contribution in [0.4, 0.5) is 0 Å². The zero-order valence-corrected chi connectivity index (χ0v) is 15.8. The number of rotatable bonds is 14. The number of allylic oxidation sites excluding steroid dienone is 1. The van der Waals surface area contributed by atoms with E-state index in [0.29, 0.717) is 4.48 Å². The SMILES string of the molecule is CCCCCCCCCC=CC(=O)[C@@](O)(CC(=O)[O-])C[N+](C)(C)C. The van der Waals surface area contributed by atoms with Crippen molar-refractivity contribution in [2.75, 3.05) is 27.7 Å². The van der Waals surface area contributed by atoms with Crippen LogP contribution in [0.3, 0.4) is 0 Å². The Morgan fingerprint density at radius 2 is 1.58 bits per heavy atom. The van der Waals surface area contributed by atoms with E-state index in [9.17, 15) is 19.8 Å². The Kier molecular flexibility index (Phi) is 10.8. The van der Waals surface area contributed by atoms with E-state index in [1.54, 1.807) is 27.2 Å². The number of hydrogen-bond acceptors (Lipinski definition) is 4. The topological polar surface area (TPSA) is 77.4 Å². The summed E-state index contributed by atoms with van der Waals surface area (Å²) in [6.07, 6.45) is 11.6. The van der Waals surface area contributed by atoms with Gasteiger partial charge in [0.1, 0.15) is 6.54 Å². The van der Waals surface area contributed by atoms with E-state index in [2.05, 4.69) is 6.92 Å². The lowest BCUT2D eigenvalue weighted by molar-refractivity contribution is -0.875. The molecule has 0 amide bonds. The van der Waals surface area contributed by atoms with Crippen molar-refractivity contribution in [2.24, 2.45) is 0 Å². The van der Waals surface area contributed by atoms with Crippen LogP contribution in [0, 0.1) is 0 Å². The molecule has 0 unspecified atom stereocenters. The second-order valence-electron chi connectivity index (χ2n) is 7.71. The quantitative estimate of drug-likeness (QED) is 0.297. The summed E-state index contributed by atoms with van der Waals surface area (Å²) in [5, 5.41) is 21.3. The first-order chi connectivity index (χ1) is 11.1. The highest BCUT2D eigenvalue weighted by atomic mass is 16.4.